The second-order valence-electron chi connectivity index (χ2n) is 4.51. The van der Waals surface area contributed by atoms with Crippen molar-refractivity contribution in [3.05, 3.63) is 59.7 Å². The zero-order chi connectivity index (χ0) is 14.4. The molecule has 0 aliphatic rings. The fourth-order valence-electron chi connectivity index (χ4n) is 1.73. The topological polar surface area (TPSA) is 49.3 Å². The van der Waals surface area contributed by atoms with Gasteiger partial charge in [-0.1, -0.05) is 29.8 Å². The van der Waals surface area contributed by atoms with Crippen molar-refractivity contribution in [1.82, 2.24) is 0 Å². The van der Waals surface area contributed by atoms with Crippen LogP contribution in [0.4, 0.5) is 5.69 Å². The van der Waals surface area contributed by atoms with Gasteiger partial charge in [-0.2, -0.15) is 0 Å². The van der Waals surface area contributed by atoms with Crippen molar-refractivity contribution in [2.24, 2.45) is 0 Å². The standard InChI is InChI=1S/C16H17NO2S/c1-12-5-7-15(8-6-12)20-11-16(19)17-14-4-2-3-13(9-14)10-18/h2-9,18H,10-11H2,1H3,(H,17,19). The molecule has 0 aliphatic carbocycles. The van der Waals surface area contributed by atoms with Crippen LogP contribution < -0.4 is 5.32 Å². The molecular formula is C16H17NO2S. The number of hydrogen-bond donors (Lipinski definition) is 2. The molecule has 0 bridgehead atoms. The Bertz CT molecular complexity index is 581. The van der Waals surface area contributed by atoms with Crippen LogP contribution in [0.25, 0.3) is 0 Å². The van der Waals surface area contributed by atoms with E-state index in [1.807, 2.05) is 49.4 Å². The maximum atomic E-state index is 11.9. The predicted octanol–water partition coefficient (Wildman–Crippen LogP) is 3.22. The van der Waals surface area contributed by atoms with E-state index in [1.54, 1.807) is 6.07 Å². The molecule has 104 valence electrons. The van der Waals surface area contributed by atoms with Gasteiger partial charge < -0.3 is 10.4 Å². The monoisotopic (exact) mass is 287 g/mol. The molecule has 3 nitrogen and oxygen atoms in total. The van der Waals surface area contributed by atoms with Gasteiger partial charge in [-0.25, -0.2) is 0 Å². The third-order valence-electron chi connectivity index (χ3n) is 2.78. The van der Waals surface area contributed by atoms with Crippen molar-refractivity contribution >= 4 is 23.4 Å². The molecule has 0 atom stereocenters. The zero-order valence-electron chi connectivity index (χ0n) is 11.3. The van der Waals surface area contributed by atoms with E-state index < -0.39 is 0 Å². The van der Waals surface area contributed by atoms with E-state index in [4.69, 9.17) is 5.11 Å². The Morgan fingerprint density at radius 2 is 1.95 bits per heavy atom. The Labute approximate surface area is 123 Å². The Hall–Kier alpha value is -1.78. The van der Waals surface area contributed by atoms with E-state index in [2.05, 4.69) is 5.32 Å². The van der Waals surface area contributed by atoms with Gasteiger partial charge in [0.25, 0.3) is 0 Å². The van der Waals surface area contributed by atoms with Gasteiger partial charge in [-0.15, -0.1) is 11.8 Å². The highest BCUT2D eigenvalue weighted by Gasteiger charge is 2.04. The maximum absolute atomic E-state index is 11.9. The first-order valence-corrected chi connectivity index (χ1v) is 7.35. The summed E-state index contributed by atoms with van der Waals surface area (Å²) in [5.41, 5.74) is 2.71. The van der Waals surface area contributed by atoms with Gasteiger partial charge in [-0.3, -0.25) is 4.79 Å². The molecule has 0 saturated carbocycles. The molecule has 4 heteroatoms. The van der Waals surface area contributed by atoms with Gasteiger partial charge in [0.2, 0.25) is 5.91 Å². The summed E-state index contributed by atoms with van der Waals surface area (Å²) in [5, 5.41) is 11.9. The summed E-state index contributed by atoms with van der Waals surface area (Å²) >= 11 is 1.51. The summed E-state index contributed by atoms with van der Waals surface area (Å²) in [4.78, 5) is 12.9. The molecule has 2 rings (SSSR count). The van der Waals surface area contributed by atoms with Crippen molar-refractivity contribution in [2.45, 2.75) is 18.4 Å². The molecule has 0 aliphatic heterocycles. The Morgan fingerprint density at radius 1 is 1.20 bits per heavy atom. The number of nitrogens with one attached hydrogen (secondary N) is 1. The van der Waals surface area contributed by atoms with Crippen LogP contribution in [0.15, 0.2) is 53.4 Å². The van der Waals surface area contributed by atoms with Crippen LogP contribution in [-0.4, -0.2) is 16.8 Å². The normalized spacial score (nSPS) is 10.3. The van der Waals surface area contributed by atoms with Gasteiger partial charge >= 0.3 is 0 Å². The molecule has 0 saturated heterocycles. The van der Waals surface area contributed by atoms with Crippen LogP contribution in [-0.2, 0) is 11.4 Å². The lowest BCUT2D eigenvalue weighted by atomic mass is 10.2. The summed E-state index contributed by atoms with van der Waals surface area (Å²) < 4.78 is 0. The molecule has 20 heavy (non-hydrogen) atoms. The molecule has 2 N–H and O–H groups in total. The fraction of sp³-hybridized carbons (Fsp3) is 0.188. The number of thioether (sulfide) groups is 1. The summed E-state index contributed by atoms with van der Waals surface area (Å²) in [6.45, 7) is 2.01. The third kappa shape index (κ3) is 4.40. The number of amides is 1. The smallest absolute Gasteiger partial charge is 0.234 e. The number of aliphatic hydroxyl groups excluding tert-OH is 1. The highest BCUT2D eigenvalue weighted by atomic mass is 32.2. The highest BCUT2D eigenvalue weighted by Crippen LogP contribution is 2.19. The summed E-state index contributed by atoms with van der Waals surface area (Å²) in [7, 11) is 0. The first-order chi connectivity index (χ1) is 9.67. The first kappa shape index (κ1) is 14.6. The molecule has 1 amide bonds. The first-order valence-electron chi connectivity index (χ1n) is 6.36. The summed E-state index contributed by atoms with van der Waals surface area (Å²) in [6.07, 6.45) is 0. The number of aryl methyl sites for hydroxylation is 1. The predicted molar refractivity (Wildman–Crippen MR) is 82.9 cm³/mol. The lowest BCUT2D eigenvalue weighted by Crippen LogP contribution is -2.14. The number of aliphatic hydroxyl groups is 1. The van der Waals surface area contributed by atoms with Crippen molar-refractivity contribution in [3.63, 3.8) is 0 Å². The quantitative estimate of drug-likeness (QED) is 0.830. The van der Waals surface area contributed by atoms with Gasteiger partial charge in [0.05, 0.1) is 12.4 Å². The molecule has 0 aromatic heterocycles. The number of rotatable bonds is 5. The van der Waals surface area contributed by atoms with Gasteiger partial charge in [-0.05, 0) is 36.8 Å². The minimum Gasteiger partial charge on any atom is -0.392 e. The highest BCUT2D eigenvalue weighted by molar-refractivity contribution is 8.00. The van der Waals surface area contributed by atoms with Crippen LogP contribution in [0.2, 0.25) is 0 Å². The van der Waals surface area contributed by atoms with Crippen LogP contribution in [0.3, 0.4) is 0 Å². The third-order valence-corrected chi connectivity index (χ3v) is 3.80. The molecule has 0 fully saturated rings. The van der Waals surface area contributed by atoms with Crippen molar-refractivity contribution in [2.75, 3.05) is 11.1 Å². The maximum Gasteiger partial charge on any atom is 0.234 e. The van der Waals surface area contributed by atoms with E-state index in [1.165, 1.54) is 17.3 Å². The second-order valence-corrected chi connectivity index (χ2v) is 5.56. The van der Waals surface area contributed by atoms with E-state index in [9.17, 15) is 4.79 Å². The lowest BCUT2D eigenvalue weighted by Gasteiger charge is -2.06. The minimum atomic E-state index is -0.0503. The number of hydrogen-bond acceptors (Lipinski definition) is 3. The van der Waals surface area contributed by atoms with Gasteiger partial charge in [0, 0.05) is 10.6 Å². The average Bonchev–Trinajstić information content (AvgIpc) is 2.47. The average molecular weight is 287 g/mol. The van der Waals surface area contributed by atoms with E-state index >= 15 is 0 Å². The molecule has 2 aromatic carbocycles. The number of benzene rings is 2. The summed E-state index contributed by atoms with van der Waals surface area (Å²) in [5.74, 6) is 0.317. The fourth-order valence-corrected chi connectivity index (χ4v) is 2.43. The number of anilines is 1. The van der Waals surface area contributed by atoms with E-state index in [0.717, 1.165) is 10.5 Å². The van der Waals surface area contributed by atoms with Crippen LogP contribution in [0.5, 0.6) is 0 Å². The van der Waals surface area contributed by atoms with Gasteiger partial charge in [0.15, 0.2) is 0 Å². The number of carbonyl (C=O) groups is 1. The lowest BCUT2D eigenvalue weighted by molar-refractivity contribution is -0.113. The van der Waals surface area contributed by atoms with Crippen LogP contribution in [0.1, 0.15) is 11.1 Å². The van der Waals surface area contributed by atoms with Gasteiger partial charge in [0.1, 0.15) is 0 Å². The summed E-state index contributed by atoms with van der Waals surface area (Å²) in [6, 6.07) is 15.3. The molecule has 0 heterocycles. The second kappa shape index (κ2) is 7.12. The Balaban J connectivity index is 1.87. The number of carbonyl (C=O) groups excluding carboxylic acids is 1. The van der Waals surface area contributed by atoms with E-state index in [0.29, 0.717) is 11.4 Å². The van der Waals surface area contributed by atoms with Crippen molar-refractivity contribution in [1.29, 1.82) is 0 Å². The van der Waals surface area contributed by atoms with Crippen LogP contribution in [0, 0.1) is 6.92 Å². The molecule has 2 aromatic rings. The van der Waals surface area contributed by atoms with E-state index in [-0.39, 0.29) is 12.5 Å². The Kier molecular flexibility index (Phi) is 5.21. The molecule has 0 unspecified atom stereocenters. The van der Waals surface area contributed by atoms with Crippen LogP contribution >= 0.6 is 11.8 Å². The molecule has 0 radical (unpaired) electrons. The largest absolute Gasteiger partial charge is 0.392 e. The zero-order valence-corrected chi connectivity index (χ0v) is 12.1. The minimum absolute atomic E-state index is 0.0260. The molecule has 0 spiro atoms. The Morgan fingerprint density at radius 3 is 2.65 bits per heavy atom. The molecular weight excluding hydrogens is 270 g/mol. The SMILES string of the molecule is Cc1ccc(SCC(=O)Nc2cccc(CO)c2)cc1. The van der Waals surface area contributed by atoms with Crippen molar-refractivity contribution < 1.29 is 9.90 Å². The van der Waals surface area contributed by atoms with Crippen molar-refractivity contribution in [3.8, 4) is 0 Å².